The predicted molar refractivity (Wildman–Crippen MR) is 87.0 cm³/mol. The van der Waals surface area contributed by atoms with Crippen LogP contribution in [0.1, 0.15) is 23.0 Å². The molecule has 0 aliphatic carbocycles. The van der Waals surface area contributed by atoms with Crippen molar-refractivity contribution in [1.82, 2.24) is 5.32 Å². The van der Waals surface area contributed by atoms with Crippen molar-refractivity contribution in [2.45, 2.75) is 13.8 Å². The number of carbonyl (C=O) groups excluding carboxylic acids is 1. The van der Waals surface area contributed by atoms with Gasteiger partial charge in [0.1, 0.15) is 5.58 Å². The minimum Gasteiger partial charge on any atom is -0.450 e. The van der Waals surface area contributed by atoms with Gasteiger partial charge in [-0.3, -0.25) is 4.79 Å². The second-order valence-corrected chi connectivity index (χ2v) is 5.72. The first-order valence-corrected chi connectivity index (χ1v) is 7.41. The zero-order valence-corrected chi connectivity index (χ0v) is 12.7. The van der Waals surface area contributed by atoms with Crippen LogP contribution in [0.15, 0.2) is 40.8 Å². The number of carbonyl (C=O) groups is 1. The zero-order chi connectivity index (χ0) is 15.7. The van der Waals surface area contributed by atoms with Gasteiger partial charge in [-0.25, -0.2) is 0 Å². The normalized spacial score (nSPS) is 12.7. The predicted octanol–water partition coefficient (Wildman–Crippen LogP) is 3.25. The summed E-state index contributed by atoms with van der Waals surface area (Å²) in [6.07, 6.45) is 0. The maximum atomic E-state index is 12.3. The largest absolute Gasteiger partial charge is 0.450 e. The summed E-state index contributed by atoms with van der Waals surface area (Å²) in [5, 5.41) is 14.9. The number of rotatable bonds is 4. The van der Waals surface area contributed by atoms with Crippen molar-refractivity contribution in [3.63, 3.8) is 0 Å². The lowest BCUT2D eigenvalue weighted by Crippen LogP contribution is -2.29. The summed E-state index contributed by atoms with van der Waals surface area (Å²) in [6.45, 7) is 4.24. The quantitative estimate of drug-likeness (QED) is 0.777. The molecule has 114 valence electrons. The summed E-state index contributed by atoms with van der Waals surface area (Å²) in [5.41, 5.74) is 1.59. The number of aliphatic hydroxyl groups is 1. The van der Waals surface area contributed by atoms with Gasteiger partial charge in [0, 0.05) is 29.5 Å². The lowest BCUT2D eigenvalue weighted by molar-refractivity contribution is 0.0916. The monoisotopic (exact) mass is 297 g/mol. The van der Waals surface area contributed by atoms with Crippen LogP contribution in [-0.2, 0) is 0 Å². The molecule has 4 nitrogen and oxygen atoms in total. The molecule has 0 aliphatic rings. The van der Waals surface area contributed by atoms with Crippen LogP contribution >= 0.6 is 0 Å². The Hall–Kier alpha value is -2.33. The zero-order valence-electron chi connectivity index (χ0n) is 12.7. The van der Waals surface area contributed by atoms with Crippen LogP contribution < -0.4 is 5.32 Å². The third-order valence-electron chi connectivity index (χ3n) is 3.96. The molecule has 2 N–H and O–H groups in total. The van der Waals surface area contributed by atoms with Gasteiger partial charge >= 0.3 is 0 Å². The highest BCUT2D eigenvalue weighted by Crippen LogP contribution is 2.31. The Kier molecular flexibility index (Phi) is 3.86. The topological polar surface area (TPSA) is 62.5 Å². The summed E-state index contributed by atoms with van der Waals surface area (Å²) in [7, 11) is 0. The maximum absolute atomic E-state index is 12.3. The van der Waals surface area contributed by atoms with Gasteiger partial charge in [-0.05, 0) is 18.2 Å². The van der Waals surface area contributed by atoms with Gasteiger partial charge in [-0.15, -0.1) is 0 Å². The highest BCUT2D eigenvalue weighted by molar-refractivity contribution is 6.08. The van der Waals surface area contributed by atoms with Crippen LogP contribution in [0.2, 0.25) is 0 Å². The fraction of sp³-hybridized carbons (Fsp3) is 0.278. The lowest BCUT2D eigenvalue weighted by Gasteiger charge is -2.08. The summed E-state index contributed by atoms with van der Waals surface area (Å²) < 4.78 is 5.87. The van der Waals surface area contributed by atoms with E-state index >= 15 is 0 Å². The van der Waals surface area contributed by atoms with Gasteiger partial charge in [-0.1, -0.05) is 43.3 Å². The first-order chi connectivity index (χ1) is 10.6. The van der Waals surface area contributed by atoms with E-state index in [0.717, 1.165) is 27.3 Å². The van der Waals surface area contributed by atoms with E-state index in [4.69, 9.17) is 9.52 Å². The van der Waals surface area contributed by atoms with E-state index in [1.807, 2.05) is 50.2 Å². The molecule has 1 aromatic heterocycles. The molecule has 3 aromatic rings. The first-order valence-electron chi connectivity index (χ1n) is 7.41. The average molecular weight is 297 g/mol. The molecule has 2 aromatic carbocycles. The number of furan rings is 1. The number of benzene rings is 2. The van der Waals surface area contributed by atoms with E-state index in [9.17, 15) is 4.79 Å². The van der Waals surface area contributed by atoms with Gasteiger partial charge in [0.2, 0.25) is 0 Å². The van der Waals surface area contributed by atoms with Crippen molar-refractivity contribution in [3.8, 4) is 0 Å². The molecular formula is C18H19NO3. The van der Waals surface area contributed by atoms with Crippen LogP contribution in [0.3, 0.4) is 0 Å². The molecule has 0 spiro atoms. The number of hydrogen-bond donors (Lipinski definition) is 2. The van der Waals surface area contributed by atoms with E-state index in [-0.39, 0.29) is 18.4 Å². The van der Waals surface area contributed by atoms with Gasteiger partial charge in [-0.2, -0.15) is 0 Å². The van der Waals surface area contributed by atoms with E-state index in [1.165, 1.54) is 0 Å². The molecule has 1 amide bonds. The van der Waals surface area contributed by atoms with Crippen molar-refractivity contribution in [1.29, 1.82) is 0 Å². The molecule has 0 saturated heterocycles. The van der Waals surface area contributed by atoms with Crippen molar-refractivity contribution < 1.29 is 14.3 Å². The Morgan fingerprint density at radius 3 is 2.77 bits per heavy atom. The number of nitrogens with one attached hydrogen (secondary N) is 1. The molecule has 0 aliphatic heterocycles. The van der Waals surface area contributed by atoms with E-state index in [2.05, 4.69) is 5.32 Å². The molecule has 1 unspecified atom stereocenters. The van der Waals surface area contributed by atoms with Gasteiger partial charge in [0.15, 0.2) is 5.76 Å². The third kappa shape index (κ3) is 2.46. The highest BCUT2D eigenvalue weighted by Gasteiger charge is 2.19. The molecule has 0 radical (unpaired) electrons. The van der Waals surface area contributed by atoms with Crippen LogP contribution in [-0.4, -0.2) is 24.2 Å². The number of fused-ring (bicyclic) bond motifs is 3. The van der Waals surface area contributed by atoms with E-state index in [0.29, 0.717) is 12.3 Å². The Balaban J connectivity index is 2.02. The molecule has 4 heteroatoms. The van der Waals surface area contributed by atoms with Crippen molar-refractivity contribution in [2.75, 3.05) is 13.2 Å². The minimum absolute atomic E-state index is 0.0227. The smallest absolute Gasteiger partial charge is 0.287 e. The highest BCUT2D eigenvalue weighted by atomic mass is 16.3. The standard InChI is InChI=1S/C18H19NO3/c1-11(10-20)9-19-18(21)16-12(2)14-8-7-13-5-3-4-6-15(13)17(14)22-16/h3-8,11,20H,9-10H2,1-2H3,(H,19,21). The molecule has 1 heterocycles. The second-order valence-electron chi connectivity index (χ2n) is 5.72. The van der Waals surface area contributed by atoms with Gasteiger partial charge in [0.25, 0.3) is 5.91 Å². The Bertz CT molecular complexity index is 835. The molecule has 3 rings (SSSR count). The number of amides is 1. The molecule has 0 bridgehead atoms. The summed E-state index contributed by atoms with van der Waals surface area (Å²) >= 11 is 0. The summed E-state index contributed by atoms with van der Waals surface area (Å²) in [6, 6.07) is 12.0. The maximum Gasteiger partial charge on any atom is 0.287 e. The first kappa shape index (κ1) is 14.6. The fourth-order valence-corrected chi connectivity index (χ4v) is 2.58. The number of aryl methyl sites for hydroxylation is 1. The average Bonchev–Trinajstić information content (AvgIpc) is 2.89. The van der Waals surface area contributed by atoms with Crippen LogP contribution in [0.4, 0.5) is 0 Å². The van der Waals surface area contributed by atoms with Gasteiger partial charge < -0.3 is 14.8 Å². The van der Waals surface area contributed by atoms with Crippen LogP contribution in [0.25, 0.3) is 21.7 Å². The molecule has 1 atom stereocenters. The Labute approximate surface area is 128 Å². The molecular weight excluding hydrogens is 278 g/mol. The second kappa shape index (κ2) is 5.81. The van der Waals surface area contributed by atoms with Gasteiger partial charge in [0.05, 0.1) is 0 Å². The van der Waals surface area contributed by atoms with Crippen molar-refractivity contribution >= 4 is 27.6 Å². The molecule has 0 fully saturated rings. The lowest BCUT2D eigenvalue weighted by atomic mass is 10.1. The van der Waals surface area contributed by atoms with E-state index in [1.54, 1.807) is 0 Å². The Morgan fingerprint density at radius 1 is 1.23 bits per heavy atom. The summed E-state index contributed by atoms with van der Waals surface area (Å²) in [4.78, 5) is 12.3. The third-order valence-corrected chi connectivity index (χ3v) is 3.96. The number of hydrogen-bond acceptors (Lipinski definition) is 3. The number of aliphatic hydroxyl groups excluding tert-OH is 1. The Morgan fingerprint density at radius 2 is 2.00 bits per heavy atom. The minimum atomic E-state index is -0.238. The van der Waals surface area contributed by atoms with Crippen LogP contribution in [0, 0.1) is 12.8 Å². The van der Waals surface area contributed by atoms with E-state index < -0.39 is 0 Å². The molecule has 22 heavy (non-hydrogen) atoms. The summed E-state index contributed by atoms with van der Waals surface area (Å²) in [5.74, 6) is 0.129. The fourth-order valence-electron chi connectivity index (χ4n) is 2.58. The van der Waals surface area contributed by atoms with Crippen molar-refractivity contribution in [2.24, 2.45) is 5.92 Å². The van der Waals surface area contributed by atoms with Crippen molar-refractivity contribution in [3.05, 3.63) is 47.7 Å². The van der Waals surface area contributed by atoms with Crippen LogP contribution in [0.5, 0.6) is 0 Å². The SMILES string of the molecule is Cc1c(C(=O)NCC(C)CO)oc2c1ccc1ccccc12. The molecule has 0 saturated carbocycles.